The number of fused-ring (bicyclic) bond motifs is 1. The number of aromatic amines is 1. The van der Waals surface area contributed by atoms with Gasteiger partial charge >= 0.3 is 12.0 Å². The number of benzene rings is 2. The Bertz CT molecular complexity index is 1120. The van der Waals surface area contributed by atoms with Crippen LogP contribution in [0.1, 0.15) is 33.4 Å². The maximum absolute atomic E-state index is 14.7. The van der Waals surface area contributed by atoms with E-state index in [1.54, 1.807) is 18.2 Å². The summed E-state index contributed by atoms with van der Waals surface area (Å²) >= 11 is 6.10. The lowest BCUT2D eigenvalue weighted by molar-refractivity contribution is 0.0600. The Kier molecular flexibility index (Phi) is 5.41. The summed E-state index contributed by atoms with van der Waals surface area (Å²) in [5.74, 6) is -0.991. The molecule has 7 nitrogen and oxygen atoms in total. The van der Waals surface area contributed by atoms with Crippen LogP contribution in [0.5, 0.6) is 0 Å². The van der Waals surface area contributed by atoms with Crippen molar-refractivity contribution >= 4 is 29.3 Å². The van der Waals surface area contributed by atoms with E-state index >= 15 is 0 Å². The largest absolute Gasteiger partial charge is 0.465 e. The molecule has 1 aromatic heterocycles. The Labute approximate surface area is 176 Å². The van der Waals surface area contributed by atoms with Crippen LogP contribution in [0.25, 0.3) is 0 Å². The summed E-state index contributed by atoms with van der Waals surface area (Å²) in [7, 11) is 1.28. The Morgan fingerprint density at radius 2 is 2.13 bits per heavy atom. The number of amides is 2. The first-order valence-electron chi connectivity index (χ1n) is 9.21. The van der Waals surface area contributed by atoms with E-state index < -0.39 is 23.9 Å². The molecule has 154 valence electrons. The van der Waals surface area contributed by atoms with E-state index in [-0.39, 0.29) is 5.56 Å². The highest BCUT2D eigenvalue weighted by Crippen LogP contribution is 2.36. The van der Waals surface area contributed by atoms with Gasteiger partial charge in [-0.1, -0.05) is 17.7 Å². The molecular formula is C21H18ClFN4O3. The number of ether oxygens (including phenoxy) is 1. The number of aromatic nitrogens is 2. The van der Waals surface area contributed by atoms with Crippen molar-refractivity contribution < 1.29 is 18.7 Å². The zero-order valence-corrected chi connectivity index (χ0v) is 16.7. The molecule has 1 aliphatic rings. The molecule has 1 atom stereocenters. The lowest BCUT2D eigenvalue weighted by atomic mass is 9.95. The van der Waals surface area contributed by atoms with Crippen LogP contribution in [0.15, 0.2) is 48.8 Å². The second-order valence-corrected chi connectivity index (χ2v) is 7.22. The third-order valence-corrected chi connectivity index (χ3v) is 5.21. The smallest absolute Gasteiger partial charge is 0.337 e. The van der Waals surface area contributed by atoms with Crippen molar-refractivity contribution in [1.82, 2.24) is 14.9 Å². The summed E-state index contributed by atoms with van der Waals surface area (Å²) in [6, 6.07) is 9.43. The number of rotatable bonds is 3. The summed E-state index contributed by atoms with van der Waals surface area (Å²) in [4.78, 5) is 33.8. The summed E-state index contributed by atoms with van der Waals surface area (Å²) in [6.45, 7) is 0.342. The third kappa shape index (κ3) is 3.73. The molecule has 0 saturated heterocycles. The first-order chi connectivity index (χ1) is 14.5. The minimum atomic E-state index is -0.748. The SMILES string of the molecule is COC(=O)c1cccc(NC(=O)N2CCc3[nH]cnc3C2c2cc(Cl)ccc2F)c1. The summed E-state index contributed by atoms with van der Waals surface area (Å²) in [5.41, 5.74) is 2.40. The topological polar surface area (TPSA) is 87.3 Å². The standard InChI is InChI=1S/C21H18ClFN4O3/c1-30-20(28)12-3-2-4-14(9-12)26-21(29)27-8-7-17-18(25-11-24-17)19(27)15-10-13(22)5-6-16(15)23/h2-6,9-11,19H,7-8H2,1H3,(H,24,25)(H,26,29). The Hall–Kier alpha value is -3.39. The molecule has 3 aromatic rings. The lowest BCUT2D eigenvalue weighted by Gasteiger charge is -2.35. The van der Waals surface area contributed by atoms with E-state index in [0.717, 1.165) is 5.69 Å². The average Bonchev–Trinajstić information content (AvgIpc) is 3.23. The minimum Gasteiger partial charge on any atom is -0.465 e. The number of carbonyl (C=O) groups excluding carboxylic acids is 2. The van der Waals surface area contributed by atoms with Gasteiger partial charge in [-0.05, 0) is 36.4 Å². The van der Waals surface area contributed by atoms with Gasteiger partial charge in [0.1, 0.15) is 11.9 Å². The number of hydrogen-bond acceptors (Lipinski definition) is 4. The van der Waals surface area contributed by atoms with Crippen molar-refractivity contribution in [2.45, 2.75) is 12.5 Å². The van der Waals surface area contributed by atoms with E-state index in [1.165, 1.54) is 42.6 Å². The number of imidazole rings is 1. The zero-order valence-electron chi connectivity index (χ0n) is 16.0. The number of urea groups is 1. The quantitative estimate of drug-likeness (QED) is 0.613. The molecule has 2 aromatic carbocycles. The van der Waals surface area contributed by atoms with Crippen LogP contribution < -0.4 is 5.32 Å². The number of H-pyrrole nitrogens is 1. The molecule has 1 unspecified atom stereocenters. The highest BCUT2D eigenvalue weighted by atomic mass is 35.5. The minimum absolute atomic E-state index is 0.258. The monoisotopic (exact) mass is 428 g/mol. The van der Waals surface area contributed by atoms with E-state index in [4.69, 9.17) is 16.3 Å². The van der Waals surface area contributed by atoms with Crippen LogP contribution in [0.2, 0.25) is 5.02 Å². The summed E-state index contributed by atoms with van der Waals surface area (Å²) < 4.78 is 19.4. The lowest BCUT2D eigenvalue weighted by Crippen LogP contribution is -2.43. The molecular weight excluding hydrogens is 411 g/mol. The number of carbonyl (C=O) groups is 2. The molecule has 0 spiro atoms. The fourth-order valence-corrected chi connectivity index (χ4v) is 3.75. The molecule has 2 N–H and O–H groups in total. The van der Waals surface area contributed by atoms with Gasteiger partial charge in [0.05, 0.1) is 24.7 Å². The van der Waals surface area contributed by atoms with Gasteiger partial charge in [0.15, 0.2) is 0 Å². The van der Waals surface area contributed by atoms with Gasteiger partial charge in [-0.2, -0.15) is 0 Å². The van der Waals surface area contributed by atoms with Crippen LogP contribution >= 0.6 is 11.6 Å². The van der Waals surface area contributed by atoms with Crippen molar-refractivity contribution in [3.63, 3.8) is 0 Å². The zero-order chi connectivity index (χ0) is 21.3. The third-order valence-electron chi connectivity index (χ3n) is 4.97. The van der Waals surface area contributed by atoms with Crippen LogP contribution in [0, 0.1) is 5.82 Å². The maximum Gasteiger partial charge on any atom is 0.337 e. The van der Waals surface area contributed by atoms with Gasteiger partial charge in [0.25, 0.3) is 0 Å². The Balaban J connectivity index is 1.68. The molecule has 0 saturated carbocycles. The first kappa shape index (κ1) is 19.9. The van der Waals surface area contributed by atoms with Crippen molar-refractivity contribution in [2.24, 2.45) is 0 Å². The second-order valence-electron chi connectivity index (χ2n) is 6.78. The number of hydrogen-bond donors (Lipinski definition) is 2. The average molecular weight is 429 g/mol. The molecule has 1 aliphatic heterocycles. The Morgan fingerprint density at radius 3 is 2.93 bits per heavy atom. The van der Waals surface area contributed by atoms with E-state index in [2.05, 4.69) is 15.3 Å². The van der Waals surface area contributed by atoms with Gasteiger partial charge < -0.3 is 19.9 Å². The van der Waals surface area contributed by atoms with Crippen LogP contribution in [-0.2, 0) is 11.2 Å². The molecule has 0 bridgehead atoms. The van der Waals surface area contributed by atoms with Crippen molar-refractivity contribution in [2.75, 3.05) is 19.0 Å². The van der Waals surface area contributed by atoms with Gasteiger partial charge in [0, 0.05) is 34.9 Å². The molecule has 0 aliphatic carbocycles. The van der Waals surface area contributed by atoms with E-state index in [1.807, 2.05) is 0 Å². The molecule has 9 heteroatoms. The maximum atomic E-state index is 14.7. The van der Waals surface area contributed by atoms with Crippen LogP contribution in [0.4, 0.5) is 14.9 Å². The molecule has 4 rings (SSSR count). The number of anilines is 1. The second kappa shape index (κ2) is 8.16. The fourth-order valence-electron chi connectivity index (χ4n) is 3.57. The highest BCUT2D eigenvalue weighted by molar-refractivity contribution is 6.30. The number of halogens is 2. The van der Waals surface area contributed by atoms with Crippen molar-refractivity contribution in [1.29, 1.82) is 0 Å². The van der Waals surface area contributed by atoms with E-state index in [0.29, 0.717) is 34.9 Å². The van der Waals surface area contributed by atoms with E-state index in [9.17, 15) is 14.0 Å². The predicted octanol–water partition coefficient (Wildman–Crippen LogP) is 4.17. The molecule has 2 heterocycles. The van der Waals surface area contributed by atoms with Crippen LogP contribution in [0.3, 0.4) is 0 Å². The predicted molar refractivity (Wildman–Crippen MR) is 109 cm³/mol. The first-order valence-corrected chi connectivity index (χ1v) is 9.59. The fraction of sp³-hybridized carbons (Fsp3) is 0.190. The molecule has 30 heavy (non-hydrogen) atoms. The summed E-state index contributed by atoms with van der Waals surface area (Å²) in [5, 5.41) is 3.13. The van der Waals surface area contributed by atoms with Crippen molar-refractivity contribution in [3.05, 3.63) is 82.1 Å². The molecule has 0 fully saturated rings. The van der Waals surface area contributed by atoms with Gasteiger partial charge in [-0.25, -0.2) is 19.0 Å². The molecule has 2 amide bonds. The molecule has 0 radical (unpaired) electrons. The Morgan fingerprint density at radius 1 is 1.30 bits per heavy atom. The number of methoxy groups -OCH3 is 1. The normalized spacial score (nSPS) is 15.4. The van der Waals surface area contributed by atoms with Gasteiger partial charge in [0.2, 0.25) is 0 Å². The van der Waals surface area contributed by atoms with Gasteiger partial charge in [-0.3, -0.25) is 0 Å². The number of nitrogens with one attached hydrogen (secondary N) is 2. The van der Waals surface area contributed by atoms with Gasteiger partial charge in [-0.15, -0.1) is 0 Å². The summed E-state index contributed by atoms with van der Waals surface area (Å²) in [6.07, 6.45) is 2.07. The number of esters is 1. The van der Waals surface area contributed by atoms with Crippen molar-refractivity contribution in [3.8, 4) is 0 Å². The highest BCUT2D eigenvalue weighted by Gasteiger charge is 2.36. The van der Waals surface area contributed by atoms with Crippen LogP contribution in [-0.4, -0.2) is 40.5 Å². The number of nitrogens with zero attached hydrogens (tertiary/aromatic N) is 2.